The molecule has 1 aromatic rings. The van der Waals surface area contributed by atoms with Gasteiger partial charge in [0.1, 0.15) is 0 Å². The Morgan fingerprint density at radius 1 is 1.40 bits per heavy atom. The minimum absolute atomic E-state index is 0.0969. The summed E-state index contributed by atoms with van der Waals surface area (Å²) in [6.07, 6.45) is 1.38. The predicted molar refractivity (Wildman–Crippen MR) is 81.1 cm³/mol. The molecule has 0 saturated carbocycles. The fraction of sp³-hybridized carbons (Fsp3) is 0.467. The van der Waals surface area contributed by atoms with Crippen LogP contribution in [0.3, 0.4) is 0 Å². The number of amides is 1. The normalized spacial score (nSPS) is 29.2. The van der Waals surface area contributed by atoms with Crippen LogP contribution in [-0.4, -0.2) is 35.6 Å². The van der Waals surface area contributed by atoms with Crippen molar-refractivity contribution in [2.45, 2.75) is 25.5 Å². The second kappa shape index (κ2) is 5.97. The lowest BCUT2D eigenvalue weighted by Crippen LogP contribution is -2.42. The molecule has 3 rings (SSSR count). The van der Waals surface area contributed by atoms with Gasteiger partial charge in [-0.1, -0.05) is 30.0 Å². The van der Waals surface area contributed by atoms with Crippen LogP contribution >= 0.6 is 11.8 Å². The van der Waals surface area contributed by atoms with Crippen LogP contribution in [0.1, 0.15) is 23.7 Å². The van der Waals surface area contributed by atoms with E-state index < -0.39 is 0 Å². The third-order valence-corrected chi connectivity index (χ3v) is 4.78. The SMILES string of the molecule is CC1CC2CSC(NC(=O)c3ccccc3)=NC2CO1. The standard InChI is InChI=1S/C15H18N2O2S/c1-10-7-12-9-20-15(16-13(12)8-19-10)17-14(18)11-5-3-2-4-6-11/h2-6,10,12-13H,7-9H2,1H3,(H,16,17,18). The maximum Gasteiger partial charge on any atom is 0.257 e. The van der Waals surface area contributed by atoms with Crippen molar-refractivity contribution in [1.82, 2.24) is 5.32 Å². The molecule has 0 aromatic heterocycles. The van der Waals surface area contributed by atoms with Crippen molar-refractivity contribution < 1.29 is 9.53 Å². The highest BCUT2D eigenvalue weighted by atomic mass is 32.2. The van der Waals surface area contributed by atoms with Crippen LogP contribution in [0.25, 0.3) is 0 Å². The number of amidine groups is 1. The van der Waals surface area contributed by atoms with Gasteiger partial charge in [0.15, 0.2) is 5.17 Å². The van der Waals surface area contributed by atoms with Crippen LogP contribution in [-0.2, 0) is 4.74 Å². The fourth-order valence-electron chi connectivity index (χ4n) is 2.57. The van der Waals surface area contributed by atoms with E-state index in [0.29, 0.717) is 24.2 Å². The number of carbonyl (C=O) groups excluding carboxylic acids is 1. The molecule has 106 valence electrons. The molecule has 1 fully saturated rings. The Morgan fingerprint density at radius 2 is 2.20 bits per heavy atom. The van der Waals surface area contributed by atoms with E-state index in [1.165, 1.54) is 0 Å². The Morgan fingerprint density at radius 3 is 3.00 bits per heavy atom. The zero-order chi connectivity index (χ0) is 13.9. The molecule has 4 nitrogen and oxygen atoms in total. The molecule has 1 saturated heterocycles. The number of ether oxygens (including phenoxy) is 1. The van der Waals surface area contributed by atoms with Crippen molar-refractivity contribution in [3.63, 3.8) is 0 Å². The summed E-state index contributed by atoms with van der Waals surface area (Å²) in [5.74, 6) is 1.48. The molecule has 3 atom stereocenters. The van der Waals surface area contributed by atoms with E-state index in [0.717, 1.165) is 17.3 Å². The Bertz CT molecular complexity index is 518. The summed E-state index contributed by atoms with van der Waals surface area (Å²) in [4.78, 5) is 16.7. The largest absolute Gasteiger partial charge is 0.376 e. The van der Waals surface area contributed by atoms with Crippen molar-refractivity contribution in [3.8, 4) is 0 Å². The lowest BCUT2D eigenvalue weighted by molar-refractivity contribution is -0.00503. The fourth-order valence-corrected chi connectivity index (χ4v) is 3.68. The first-order valence-electron chi connectivity index (χ1n) is 6.91. The molecule has 2 heterocycles. The molecule has 1 amide bonds. The van der Waals surface area contributed by atoms with E-state index >= 15 is 0 Å². The summed E-state index contributed by atoms with van der Waals surface area (Å²) < 4.78 is 5.66. The molecule has 0 bridgehead atoms. The number of fused-ring (bicyclic) bond motifs is 1. The maximum atomic E-state index is 12.1. The summed E-state index contributed by atoms with van der Waals surface area (Å²) in [6.45, 7) is 2.77. The van der Waals surface area contributed by atoms with Gasteiger partial charge in [-0.25, -0.2) is 0 Å². The number of hydrogen-bond acceptors (Lipinski definition) is 4. The lowest BCUT2D eigenvalue weighted by atomic mass is 9.94. The van der Waals surface area contributed by atoms with Crippen molar-refractivity contribution in [3.05, 3.63) is 35.9 Å². The van der Waals surface area contributed by atoms with Crippen LogP contribution in [0, 0.1) is 5.92 Å². The highest BCUT2D eigenvalue weighted by molar-refractivity contribution is 8.13. The molecular formula is C15H18N2O2S. The number of aliphatic imine (C=N–C) groups is 1. The van der Waals surface area contributed by atoms with Gasteiger partial charge < -0.3 is 10.1 Å². The predicted octanol–water partition coefficient (Wildman–Crippen LogP) is 2.31. The van der Waals surface area contributed by atoms with Gasteiger partial charge in [0.05, 0.1) is 18.8 Å². The maximum absolute atomic E-state index is 12.1. The third kappa shape index (κ3) is 3.04. The molecule has 20 heavy (non-hydrogen) atoms. The molecule has 0 spiro atoms. The first kappa shape index (κ1) is 13.6. The Balaban J connectivity index is 1.65. The zero-order valence-corrected chi connectivity index (χ0v) is 12.2. The van der Waals surface area contributed by atoms with Gasteiger partial charge >= 0.3 is 0 Å². The van der Waals surface area contributed by atoms with Crippen LogP contribution in [0.15, 0.2) is 35.3 Å². The molecule has 0 aliphatic carbocycles. The zero-order valence-electron chi connectivity index (χ0n) is 11.4. The summed E-state index contributed by atoms with van der Waals surface area (Å²) in [7, 11) is 0. The van der Waals surface area contributed by atoms with Gasteiger partial charge in [-0.15, -0.1) is 0 Å². The Kier molecular flexibility index (Phi) is 4.08. The van der Waals surface area contributed by atoms with Crippen molar-refractivity contribution in [2.24, 2.45) is 10.9 Å². The number of benzene rings is 1. The van der Waals surface area contributed by atoms with Crippen LogP contribution in [0.4, 0.5) is 0 Å². The summed E-state index contributed by atoms with van der Waals surface area (Å²) >= 11 is 1.64. The van der Waals surface area contributed by atoms with E-state index in [2.05, 4.69) is 17.2 Å². The van der Waals surface area contributed by atoms with Gasteiger partial charge in [0, 0.05) is 11.3 Å². The van der Waals surface area contributed by atoms with E-state index in [1.807, 2.05) is 18.2 Å². The minimum Gasteiger partial charge on any atom is -0.376 e. The monoisotopic (exact) mass is 290 g/mol. The Hall–Kier alpha value is -1.33. The second-order valence-corrected chi connectivity index (χ2v) is 6.28. The molecular weight excluding hydrogens is 272 g/mol. The molecule has 1 aromatic carbocycles. The smallest absolute Gasteiger partial charge is 0.257 e. The van der Waals surface area contributed by atoms with Crippen LogP contribution < -0.4 is 5.32 Å². The van der Waals surface area contributed by atoms with Gasteiger partial charge in [0.2, 0.25) is 0 Å². The first-order chi connectivity index (χ1) is 9.72. The molecule has 2 aliphatic rings. The van der Waals surface area contributed by atoms with Gasteiger partial charge in [-0.05, 0) is 31.4 Å². The van der Waals surface area contributed by atoms with Crippen molar-refractivity contribution >= 4 is 22.8 Å². The highest BCUT2D eigenvalue weighted by Crippen LogP contribution is 2.30. The summed E-state index contributed by atoms with van der Waals surface area (Å²) in [5.41, 5.74) is 0.659. The van der Waals surface area contributed by atoms with Gasteiger partial charge in [0.25, 0.3) is 5.91 Å². The number of nitrogens with one attached hydrogen (secondary N) is 1. The number of hydrogen-bond donors (Lipinski definition) is 1. The molecule has 3 unspecified atom stereocenters. The number of carbonyl (C=O) groups is 1. The molecule has 1 N–H and O–H groups in total. The highest BCUT2D eigenvalue weighted by Gasteiger charge is 2.33. The number of nitrogens with zero attached hydrogens (tertiary/aromatic N) is 1. The second-order valence-electron chi connectivity index (χ2n) is 5.27. The first-order valence-corrected chi connectivity index (χ1v) is 7.89. The quantitative estimate of drug-likeness (QED) is 0.863. The number of thioether (sulfide) groups is 1. The minimum atomic E-state index is -0.0969. The van der Waals surface area contributed by atoms with E-state index in [1.54, 1.807) is 23.9 Å². The average molecular weight is 290 g/mol. The van der Waals surface area contributed by atoms with Crippen molar-refractivity contribution in [1.29, 1.82) is 0 Å². The summed E-state index contributed by atoms with van der Waals surface area (Å²) in [6, 6.07) is 9.41. The topological polar surface area (TPSA) is 50.7 Å². The lowest BCUT2D eigenvalue weighted by Gasteiger charge is -2.35. The van der Waals surface area contributed by atoms with Gasteiger partial charge in [-0.3, -0.25) is 9.79 Å². The van der Waals surface area contributed by atoms with E-state index in [4.69, 9.17) is 4.74 Å². The third-order valence-electron chi connectivity index (χ3n) is 3.70. The van der Waals surface area contributed by atoms with Gasteiger partial charge in [-0.2, -0.15) is 0 Å². The Labute approximate surface area is 123 Å². The average Bonchev–Trinajstić information content (AvgIpc) is 2.48. The van der Waals surface area contributed by atoms with E-state index in [-0.39, 0.29) is 11.9 Å². The van der Waals surface area contributed by atoms with Crippen molar-refractivity contribution in [2.75, 3.05) is 12.4 Å². The van der Waals surface area contributed by atoms with E-state index in [9.17, 15) is 4.79 Å². The van der Waals surface area contributed by atoms with Crippen LogP contribution in [0.5, 0.6) is 0 Å². The van der Waals surface area contributed by atoms with Crippen LogP contribution in [0.2, 0.25) is 0 Å². The molecule has 0 radical (unpaired) electrons. The molecule has 5 heteroatoms. The molecule has 2 aliphatic heterocycles. The summed E-state index contributed by atoms with van der Waals surface area (Å²) in [5, 5.41) is 3.62. The number of rotatable bonds is 1.